The molecule has 1 aromatic carbocycles. The number of ether oxygens (including phenoxy) is 2. The van der Waals surface area contributed by atoms with Gasteiger partial charge in [0.1, 0.15) is 23.0 Å². The number of carbonyl (C=O) groups excluding carboxylic acids is 4. The van der Waals surface area contributed by atoms with E-state index in [4.69, 9.17) is 9.47 Å². The maximum Gasteiger partial charge on any atom is 0.319 e. The molecule has 0 bridgehead atoms. The fraction of sp³-hybridized carbons (Fsp3) is 0.583. The first-order valence-corrected chi connectivity index (χ1v) is 10.2. The second-order valence-corrected chi connectivity index (χ2v) is 10.6. The maximum absolute atomic E-state index is 12.9. The van der Waals surface area contributed by atoms with Crippen LogP contribution in [-0.2, 0) is 28.7 Å². The summed E-state index contributed by atoms with van der Waals surface area (Å²) in [6, 6.07) is 7.03. The van der Waals surface area contributed by atoms with Crippen molar-refractivity contribution in [2.24, 2.45) is 21.7 Å². The summed E-state index contributed by atoms with van der Waals surface area (Å²) in [7, 11) is 0. The Balaban J connectivity index is 1.94. The third-order valence-electron chi connectivity index (χ3n) is 6.63. The van der Waals surface area contributed by atoms with Gasteiger partial charge in [0.05, 0.1) is 10.8 Å². The zero-order valence-corrected chi connectivity index (χ0v) is 18.9. The van der Waals surface area contributed by atoms with Crippen LogP contribution in [0.3, 0.4) is 0 Å². The van der Waals surface area contributed by atoms with E-state index in [1.165, 1.54) is 0 Å². The summed E-state index contributed by atoms with van der Waals surface area (Å²) in [5, 5.41) is 0. The zero-order valence-electron chi connectivity index (χ0n) is 18.9. The number of ketones is 2. The molecule has 0 amide bonds. The van der Waals surface area contributed by atoms with Gasteiger partial charge in [0.25, 0.3) is 0 Å². The van der Waals surface area contributed by atoms with Crippen molar-refractivity contribution in [2.75, 3.05) is 0 Å². The first-order valence-electron chi connectivity index (χ1n) is 10.2. The number of cyclic esters (lactones) is 2. The van der Waals surface area contributed by atoms with E-state index in [2.05, 4.69) is 0 Å². The normalized spacial score (nSPS) is 29.2. The molecule has 0 aliphatic carbocycles. The Kier molecular flexibility index (Phi) is 4.81. The molecule has 30 heavy (non-hydrogen) atoms. The molecule has 0 radical (unpaired) electrons. The van der Waals surface area contributed by atoms with Gasteiger partial charge in [-0.05, 0) is 66.5 Å². The van der Waals surface area contributed by atoms with E-state index >= 15 is 0 Å². The van der Waals surface area contributed by atoms with Gasteiger partial charge in [-0.15, -0.1) is 0 Å². The average molecular weight is 414 g/mol. The van der Waals surface area contributed by atoms with E-state index in [0.717, 1.165) is 0 Å². The monoisotopic (exact) mass is 414 g/mol. The molecular weight excluding hydrogens is 384 g/mol. The summed E-state index contributed by atoms with van der Waals surface area (Å²) < 4.78 is 11.3. The van der Waals surface area contributed by atoms with Crippen LogP contribution in [0.5, 0.6) is 0 Å². The molecule has 2 fully saturated rings. The largest absolute Gasteiger partial charge is 0.456 e. The Bertz CT molecular complexity index is 856. The Hall–Kier alpha value is -2.50. The van der Waals surface area contributed by atoms with Crippen LogP contribution in [0.2, 0.25) is 0 Å². The standard InChI is InChI=1S/C24H30O6/c1-21(2)15(29-19(27)23(5,6)17(21)25)13-9-11-14(12-10-13)16-22(3,4)18(26)24(7,8)20(28)30-16/h9-12,15-16H,1-8H3. The minimum Gasteiger partial charge on any atom is -0.456 e. The van der Waals surface area contributed by atoms with Gasteiger partial charge in [0.15, 0.2) is 11.6 Å². The third kappa shape index (κ3) is 2.99. The Morgan fingerprint density at radius 1 is 0.567 bits per heavy atom. The van der Waals surface area contributed by atoms with Crippen molar-refractivity contribution in [3.63, 3.8) is 0 Å². The highest BCUT2D eigenvalue weighted by atomic mass is 16.6. The Morgan fingerprint density at radius 2 is 0.833 bits per heavy atom. The molecule has 2 unspecified atom stereocenters. The average Bonchev–Trinajstić information content (AvgIpc) is 2.66. The predicted molar refractivity (Wildman–Crippen MR) is 109 cm³/mol. The molecule has 0 spiro atoms. The lowest BCUT2D eigenvalue weighted by Gasteiger charge is -2.44. The van der Waals surface area contributed by atoms with Crippen LogP contribution >= 0.6 is 0 Å². The quantitative estimate of drug-likeness (QED) is 0.534. The first kappa shape index (κ1) is 22.2. The summed E-state index contributed by atoms with van der Waals surface area (Å²) in [4.78, 5) is 50.6. The summed E-state index contributed by atoms with van der Waals surface area (Å²) in [5.41, 5.74) is -2.81. The molecule has 6 nitrogen and oxygen atoms in total. The van der Waals surface area contributed by atoms with Crippen molar-refractivity contribution < 1.29 is 28.7 Å². The van der Waals surface area contributed by atoms with E-state index in [0.29, 0.717) is 11.1 Å². The number of esters is 2. The van der Waals surface area contributed by atoms with E-state index < -0.39 is 45.8 Å². The van der Waals surface area contributed by atoms with Gasteiger partial charge in [0.2, 0.25) is 0 Å². The number of hydrogen-bond acceptors (Lipinski definition) is 6. The Morgan fingerprint density at radius 3 is 1.10 bits per heavy atom. The van der Waals surface area contributed by atoms with E-state index in [1.807, 2.05) is 0 Å². The van der Waals surface area contributed by atoms with Crippen molar-refractivity contribution in [3.05, 3.63) is 35.4 Å². The van der Waals surface area contributed by atoms with Crippen molar-refractivity contribution in [1.82, 2.24) is 0 Å². The van der Waals surface area contributed by atoms with Gasteiger partial charge in [-0.1, -0.05) is 24.3 Å². The summed E-state index contributed by atoms with van der Waals surface area (Å²) in [5.74, 6) is -1.43. The van der Waals surface area contributed by atoms with Crippen molar-refractivity contribution >= 4 is 23.5 Å². The molecule has 1 aromatic rings. The SMILES string of the molecule is CC1(C)C(=O)OC(c2ccc(C3OC(=O)C(C)(C)C(=O)C3(C)C)cc2)C(C)(C)C1=O. The van der Waals surface area contributed by atoms with Crippen molar-refractivity contribution in [2.45, 2.75) is 67.6 Å². The van der Waals surface area contributed by atoms with Crippen LogP contribution in [0.25, 0.3) is 0 Å². The molecule has 2 aliphatic rings. The highest BCUT2D eigenvalue weighted by Gasteiger charge is 2.57. The van der Waals surface area contributed by atoms with Gasteiger partial charge >= 0.3 is 11.9 Å². The molecule has 0 N–H and O–H groups in total. The second kappa shape index (κ2) is 6.50. The van der Waals surface area contributed by atoms with Crippen LogP contribution in [-0.4, -0.2) is 23.5 Å². The van der Waals surface area contributed by atoms with E-state index in [-0.39, 0.29) is 11.6 Å². The summed E-state index contributed by atoms with van der Waals surface area (Å²) in [6.07, 6.45) is -1.44. The highest BCUT2D eigenvalue weighted by Crippen LogP contribution is 2.50. The van der Waals surface area contributed by atoms with Gasteiger partial charge in [-0.25, -0.2) is 0 Å². The topological polar surface area (TPSA) is 86.7 Å². The number of rotatable bonds is 2. The second-order valence-electron chi connectivity index (χ2n) is 10.6. The van der Waals surface area contributed by atoms with Gasteiger partial charge in [-0.3, -0.25) is 19.2 Å². The van der Waals surface area contributed by atoms with Crippen LogP contribution < -0.4 is 0 Å². The highest BCUT2D eigenvalue weighted by molar-refractivity contribution is 6.08. The summed E-state index contributed by atoms with van der Waals surface area (Å²) >= 11 is 0. The van der Waals surface area contributed by atoms with E-state index in [9.17, 15) is 19.2 Å². The van der Waals surface area contributed by atoms with E-state index in [1.54, 1.807) is 79.7 Å². The molecule has 162 valence electrons. The molecule has 6 heteroatoms. The van der Waals surface area contributed by atoms with Crippen molar-refractivity contribution in [1.29, 1.82) is 0 Å². The molecule has 2 atom stereocenters. The van der Waals surface area contributed by atoms with Gasteiger partial charge < -0.3 is 9.47 Å². The number of hydrogen-bond donors (Lipinski definition) is 0. The smallest absolute Gasteiger partial charge is 0.319 e. The van der Waals surface area contributed by atoms with Gasteiger partial charge in [-0.2, -0.15) is 0 Å². The molecule has 2 saturated heterocycles. The number of Topliss-reactive ketones (excluding diaryl/α,β-unsaturated/α-hetero) is 2. The zero-order chi connectivity index (χ0) is 22.9. The number of carbonyl (C=O) groups is 4. The van der Waals surface area contributed by atoms with Crippen LogP contribution in [0.4, 0.5) is 0 Å². The fourth-order valence-corrected chi connectivity index (χ4v) is 4.65. The lowest BCUT2D eigenvalue weighted by atomic mass is 9.66. The minimum atomic E-state index is -1.19. The molecular formula is C24H30O6. The van der Waals surface area contributed by atoms with Crippen LogP contribution in [0, 0.1) is 21.7 Å². The Labute approximate surface area is 177 Å². The minimum absolute atomic E-state index is 0.171. The van der Waals surface area contributed by atoms with Gasteiger partial charge in [0, 0.05) is 0 Å². The third-order valence-corrected chi connectivity index (χ3v) is 6.63. The van der Waals surface area contributed by atoms with Crippen molar-refractivity contribution in [3.8, 4) is 0 Å². The molecule has 0 aromatic heterocycles. The fourth-order valence-electron chi connectivity index (χ4n) is 4.65. The molecule has 2 aliphatic heterocycles. The molecule has 0 saturated carbocycles. The maximum atomic E-state index is 12.9. The van der Waals surface area contributed by atoms with Crippen LogP contribution in [0.15, 0.2) is 24.3 Å². The lowest BCUT2D eigenvalue weighted by molar-refractivity contribution is -0.188. The lowest BCUT2D eigenvalue weighted by Crippen LogP contribution is -2.52. The van der Waals surface area contributed by atoms with Crippen LogP contribution in [0.1, 0.15) is 78.7 Å². The first-order chi connectivity index (χ1) is 13.6. The number of benzene rings is 1. The predicted octanol–water partition coefficient (Wildman–Crippen LogP) is 4.13. The molecule has 3 rings (SSSR count). The summed E-state index contributed by atoms with van der Waals surface area (Å²) in [6.45, 7) is 13.4. The molecule has 2 heterocycles.